The molecule has 1 aromatic carbocycles. The van der Waals surface area contributed by atoms with E-state index < -0.39 is 0 Å². The van der Waals surface area contributed by atoms with Gasteiger partial charge >= 0.3 is 0 Å². The summed E-state index contributed by atoms with van der Waals surface area (Å²) in [5.74, 6) is 0. The summed E-state index contributed by atoms with van der Waals surface area (Å²) in [5.41, 5.74) is 9.55. The molecule has 2 N–H and O–H groups in total. The Morgan fingerprint density at radius 1 is 1.16 bits per heavy atom. The molecule has 0 bridgehead atoms. The van der Waals surface area contributed by atoms with Gasteiger partial charge in [0, 0.05) is 35.2 Å². The van der Waals surface area contributed by atoms with Crippen molar-refractivity contribution in [2.45, 2.75) is 53.0 Å². The topological polar surface area (TPSA) is 40.2 Å². The van der Waals surface area contributed by atoms with E-state index >= 15 is 0 Å². The predicted octanol–water partition coefficient (Wildman–Crippen LogP) is 3.61. The molecule has 1 heterocycles. The Morgan fingerprint density at radius 2 is 1.89 bits per heavy atom. The number of rotatable bonds is 5. The summed E-state index contributed by atoms with van der Waals surface area (Å²) in [6, 6.07) is 6.78. The minimum atomic E-state index is 0.238. The van der Waals surface area contributed by atoms with Gasteiger partial charge in [0.2, 0.25) is 0 Å². The third-order valence-corrected chi connectivity index (χ3v) is 3.37. The zero-order valence-electron chi connectivity index (χ0n) is 12.3. The van der Waals surface area contributed by atoms with Gasteiger partial charge in [-0.1, -0.05) is 12.1 Å². The zero-order valence-corrected chi connectivity index (χ0v) is 12.3. The first kappa shape index (κ1) is 14.1. The summed E-state index contributed by atoms with van der Waals surface area (Å²) in [6.45, 7) is 9.72. The molecule has 0 aliphatic heterocycles. The van der Waals surface area contributed by atoms with Gasteiger partial charge in [0.1, 0.15) is 0 Å². The molecule has 0 unspecified atom stereocenters. The first-order valence-corrected chi connectivity index (χ1v) is 6.97. The molecule has 0 aliphatic carbocycles. The van der Waals surface area contributed by atoms with Gasteiger partial charge < -0.3 is 15.0 Å². The number of nitrogens with two attached hydrogens (primary N) is 1. The number of aromatic nitrogens is 1. The number of benzene rings is 1. The van der Waals surface area contributed by atoms with E-state index in [0.717, 1.165) is 0 Å². The van der Waals surface area contributed by atoms with Crippen LogP contribution in [0.2, 0.25) is 0 Å². The van der Waals surface area contributed by atoms with Crippen molar-refractivity contribution in [3.63, 3.8) is 0 Å². The van der Waals surface area contributed by atoms with Crippen LogP contribution in [0.25, 0.3) is 10.9 Å². The molecule has 0 atom stereocenters. The van der Waals surface area contributed by atoms with E-state index in [1.165, 1.54) is 22.0 Å². The van der Waals surface area contributed by atoms with Gasteiger partial charge in [-0.2, -0.15) is 0 Å². The summed E-state index contributed by atoms with van der Waals surface area (Å²) in [7, 11) is 0. The fraction of sp³-hybridized carbons (Fsp3) is 0.500. The van der Waals surface area contributed by atoms with E-state index in [1.54, 1.807) is 0 Å². The summed E-state index contributed by atoms with van der Waals surface area (Å²) < 4.78 is 8.07. The van der Waals surface area contributed by atoms with Crippen molar-refractivity contribution < 1.29 is 4.74 Å². The Kier molecular flexibility index (Phi) is 4.27. The number of nitrogens with zero attached hydrogens (tertiary/aromatic N) is 1. The minimum absolute atomic E-state index is 0.238. The van der Waals surface area contributed by atoms with Crippen molar-refractivity contribution in [2.75, 3.05) is 0 Å². The normalized spacial score (nSPS) is 11.9. The molecule has 0 aliphatic rings. The second kappa shape index (κ2) is 5.76. The van der Waals surface area contributed by atoms with Crippen LogP contribution in [0.3, 0.4) is 0 Å². The number of hydrogen-bond donors (Lipinski definition) is 1. The van der Waals surface area contributed by atoms with Gasteiger partial charge in [-0.25, -0.2) is 0 Å². The molecule has 0 spiro atoms. The number of hydrogen-bond acceptors (Lipinski definition) is 2. The number of fused-ring (bicyclic) bond motifs is 1. The third kappa shape index (κ3) is 2.82. The summed E-state index contributed by atoms with van der Waals surface area (Å²) in [4.78, 5) is 0. The Balaban J connectivity index is 2.55. The maximum absolute atomic E-state index is 5.88. The largest absolute Gasteiger partial charge is 0.374 e. The van der Waals surface area contributed by atoms with Crippen LogP contribution in [-0.4, -0.2) is 10.7 Å². The molecule has 2 aromatic rings. The highest BCUT2D eigenvalue weighted by molar-refractivity contribution is 5.87. The lowest BCUT2D eigenvalue weighted by molar-refractivity contribution is 0.0663. The fourth-order valence-electron chi connectivity index (χ4n) is 2.44. The van der Waals surface area contributed by atoms with Crippen LogP contribution in [0.4, 0.5) is 0 Å². The first-order valence-electron chi connectivity index (χ1n) is 6.97. The van der Waals surface area contributed by atoms with Crippen LogP contribution < -0.4 is 5.73 Å². The van der Waals surface area contributed by atoms with Crippen molar-refractivity contribution in [1.82, 2.24) is 4.57 Å². The van der Waals surface area contributed by atoms with E-state index in [4.69, 9.17) is 10.5 Å². The lowest BCUT2D eigenvalue weighted by Crippen LogP contribution is -2.03. The van der Waals surface area contributed by atoms with Crippen LogP contribution in [0, 0.1) is 0 Å². The van der Waals surface area contributed by atoms with Gasteiger partial charge in [-0.15, -0.1) is 0 Å². The van der Waals surface area contributed by atoms with Crippen molar-refractivity contribution in [3.8, 4) is 0 Å². The highest BCUT2D eigenvalue weighted by Gasteiger charge is 2.13. The molecule has 1 aromatic heterocycles. The van der Waals surface area contributed by atoms with Crippen LogP contribution in [0.5, 0.6) is 0 Å². The quantitative estimate of drug-likeness (QED) is 0.892. The van der Waals surface area contributed by atoms with Gasteiger partial charge in [0.15, 0.2) is 0 Å². The molecule has 19 heavy (non-hydrogen) atoms. The summed E-state index contributed by atoms with van der Waals surface area (Å²) >= 11 is 0. The summed E-state index contributed by atoms with van der Waals surface area (Å²) in [6.07, 6.45) is 2.44. The molecule has 0 saturated carbocycles. The lowest BCUT2D eigenvalue weighted by Gasteiger charge is -2.09. The molecule has 0 saturated heterocycles. The van der Waals surface area contributed by atoms with Crippen molar-refractivity contribution >= 4 is 10.9 Å². The highest BCUT2D eigenvalue weighted by atomic mass is 16.5. The molecule has 3 nitrogen and oxygen atoms in total. The van der Waals surface area contributed by atoms with Crippen molar-refractivity contribution in [1.29, 1.82) is 0 Å². The van der Waals surface area contributed by atoms with Crippen LogP contribution in [0.1, 0.15) is 44.9 Å². The van der Waals surface area contributed by atoms with Gasteiger partial charge in [0.05, 0.1) is 12.7 Å². The Bertz CT molecular complexity index is 555. The maximum atomic E-state index is 5.88. The standard InChI is InChI=1S/C16H24N2O/c1-11(2)18-9-14(10-19-12(3)4)16-13(8-17)6-5-7-15(16)18/h5-7,9,11-12H,8,10,17H2,1-4H3. The monoisotopic (exact) mass is 260 g/mol. The Hall–Kier alpha value is -1.32. The zero-order chi connectivity index (χ0) is 14.0. The van der Waals surface area contributed by atoms with Crippen molar-refractivity contribution in [2.24, 2.45) is 5.73 Å². The minimum Gasteiger partial charge on any atom is -0.374 e. The molecule has 104 valence electrons. The average molecular weight is 260 g/mol. The molecular weight excluding hydrogens is 236 g/mol. The van der Waals surface area contributed by atoms with Crippen molar-refractivity contribution in [3.05, 3.63) is 35.5 Å². The van der Waals surface area contributed by atoms with Gasteiger partial charge in [0.25, 0.3) is 0 Å². The van der Waals surface area contributed by atoms with E-state index in [1.807, 2.05) is 0 Å². The fourth-order valence-corrected chi connectivity index (χ4v) is 2.44. The second-order valence-electron chi connectivity index (χ2n) is 5.53. The smallest absolute Gasteiger partial charge is 0.0741 e. The SMILES string of the molecule is CC(C)OCc1cn(C(C)C)c2cccc(CN)c12. The van der Waals surface area contributed by atoms with E-state index in [2.05, 4.69) is 56.7 Å². The first-order chi connectivity index (χ1) is 9.04. The molecule has 3 heteroatoms. The second-order valence-corrected chi connectivity index (χ2v) is 5.53. The maximum Gasteiger partial charge on any atom is 0.0741 e. The van der Waals surface area contributed by atoms with E-state index in [0.29, 0.717) is 19.2 Å². The van der Waals surface area contributed by atoms with Crippen LogP contribution >= 0.6 is 0 Å². The molecular formula is C16H24N2O. The molecule has 2 rings (SSSR count). The number of ether oxygens (including phenoxy) is 1. The highest BCUT2D eigenvalue weighted by Crippen LogP contribution is 2.28. The average Bonchev–Trinajstić information content (AvgIpc) is 2.75. The molecule has 0 amide bonds. The third-order valence-electron chi connectivity index (χ3n) is 3.37. The van der Waals surface area contributed by atoms with Crippen LogP contribution in [-0.2, 0) is 17.9 Å². The van der Waals surface area contributed by atoms with E-state index in [9.17, 15) is 0 Å². The van der Waals surface area contributed by atoms with Crippen LogP contribution in [0.15, 0.2) is 24.4 Å². The molecule has 0 radical (unpaired) electrons. The Labute approximate surface area is 115 Å². The predicted molar refractivity (Wildman–Crippen MR) is 80.1 cm³/mol. The van der Waals surface area contributed by atoms with E-state index in [-0.39, 0.29) is 6.10 Å². The molecule has 0 fully saturated rings. The van der Waals surface area contributed by atoms with Gasteiger partial charge in [-0.3, -0.25) is 0 Å². The summed E-state index contributed by atoms with van der Waals surface area (Å²) in [5, 5.41) is 1.26. The van der Waals surface area contributed by atoms with Gasteiger partial charge in [-0.05, 0) is 39.3 Å². The Morgan fingerprint density at radius 3 is 2.47 bits per heavy atom. The lowest BCUT2D eigenvalue weighted by atomic mass is 10.1.